The van der Waals surface area contributed by atoms with Gasteiger partial charge in [0.05, 0.1) is 16.9 Å². The van der Waals surface area contributed by atoms with Crippen LogP contribution in [0.4, 0.5) is 22.0 Å². The summed E-state index contributed by atoms with van der Waals surface area (Å²) in [5, 5.41) is 10.2. The Morgan fingerprint density at radius 3 is 2.34 bits per heavy atom. The summed E-state index contributed by atoms with van der Waals surface area (Å²) < 4.78 is 13.7. The molecule has 4 heterocycles. The summed E-state index contributed by atoms with van der Waals surface area (Å²) in [5.41, 5.74) is 1.48. The van der Waals surface area contributed by atoms with E-state index >= 15 is 0 Å². The van der Waals surface area contributed by atoms with Crippen molar-refractivity contribution in [1.29, 1.82) is 0 Å². The van der Waals surface area contributed by atoms with Gasteiger partial charge in [-0.15, -0.1) is 0 Å². The van der Waals surface area contributed by atoms with E-state index in [0.717, 1.165) is 62.5 Å². The molecular formula is C25H31ClFN7O. The molecule has 0 unspecified atom stereocenters. The molecule has 1 aromatic carbocycles. The van der Waals surface area contributed by atoms with Crippen molar-refractivity contribution in [3.63, 3.8) is 0 Å². The molecule has 0 spiro atoms. The molecule has 2 saturated heterocycles. The fourth-order valence-corrected chi connectivity index (χ4v) is 4.54. The summed E-state index contributed by atoms with van der Waals surface area (Å²) in [5.74, 6) is 1.70. The van der Waals surface area contributed by atoms with Crippen LogP contribution >= 0.6 is 11.6 Å². The topological polar surface area (TPSA) is 81.5 Å². The number of aromatic hydroxyl groups is 1. The van der Waals surface area contributed by atoms with Gasteiger partial charge in [-0.25, -0.2) is 19.3 Å². The Morgan fingerprint density at radius 2 is 1.60 bits per heavy atom. The molecule has 0 amide bonds. The molecule has 0 aliphatic carbocycles. The van der Waals surface area contributed by atoms with Crippen molar-refractivity contribution in [2.24, 2.45) is 0 Å². The van der Waals surface area contributed by atoms with E-state index in [-0.39, 0.29) is 10.8 Å². The van der Waals surface area contributed by atoms with Gasteiger partial charge in [0.15, 0.2) is 11.6 Å². The molecule has 5 rings (SSSR count). The second-order valence-electron chi connectivity index (χ2n) is 8.29. The summed E-state index contributed by atoms with van der Waals surface area (Å²) in [6, 6.07) is 6.62. The Hall–Kier alpha value is -3.20. The molecule has 0 atom stereocenters. The predicted octanol–water partition coefficient (Wildman–Crippen LogP) is 4.77. The largest absolute Gasteiger partial charge is 0.503 e. The molecule has 0 saturated carbocycles. The maximum Gasteiger partial charge on any atom is 0.227 e. The molecule has 10 heteroatoms. The first-order valence-corrected chi connectivity index (χ1v) is 12.5. The molecule has 3 aromatic rings. The van der Waals surface area contributed by atoms with Gasteiger partial charge in [-0.2, -0.15) is 4.98 Å². The molecule has 2 fully saturated rings. The van der Waals surface area contributed by atoms with E-state index in [4.69, 9.17) is 21.6 Å². The van der Waals surface area contributed by atoms with Crippen LogP contribution in [0.2, 0.25) is 5.02 Å². The van der Waals surface area contributed by atoms with Crippen molar-refractivity contribution in [3.8, 4) is 17.0 Å². The maximum absolute atomic E-state index is 13.7. The van der Waals surface area contributed by atoms with Crippen LogP contribution in [0.1, 0.15) is 33.1 Å². The smallest absolute Gasteiger partial charge is 0.227 e. The van der Waals surface area contributed by atoms with Gasteiger partial charge in [0, 0.05) is 50.9 Å². The minimum Gasteiger partial charge on any atom is -0.503 e. The number of anilines is 3. The van der Waals surface area contributed by atoms with E-state index in [9.17, 15) is 9.50 Å². The van der Waals surface area contributed by atoms with Gasteiger partial charge in [0.2, 0.25) is 5.95 Å². The van der Waals surface area contributed by atoms with Crippen molar-refractivity contribution in [2.45, 2.75) is 33.1 Å². The zero-order valence-electron chi connectivity index (χ0n) is 20.2. The van der Waals surface area contributed by atoms with Crippen LogP contribution in [0, 0.1) is 5.82 Å². The van der Waals surface area contributed by atoms with Gasteiger partial charge in [-0.05, 0) is 37.5 Å². The number of nitrogens with zero attached hydrogens (tertiary/aromatic N) is 7. The molecule has 0 bridgehead atoms. The monoisotopic (exact) mass is 499 g/mol. The van der Waals surface area contributed by atoms with Crippen LogP contribution in [0.3, 0.4) is 0 Å². The van der Waals surface area contributed by atoms with Crippen LogP contribution in [-0.4, -0.2) is 64.3 Å². The normalized spacial score (nSPS) is 16.1. The Morgan fingerprint density at radius 1 is 0.886 bits per heavy atom. The van der Waals surface area contributed by atoms with E-state index in [1.54, 1.807) is 12.1 Å². The van der Waals surface area contributed by atoms with Crippen molar-refractivity contribution in [2.75, 3.05) is 54.0 Å². The lowest BCUT2D eigenvalue weighted by Crippen LogP contribution is -2.32. The van der Waals surface area contributed by atoms with Gasteiger partial charge >= 0.3 is 0 Å². The number of halogens is 2. The fourth-order valence-electron chi connectivity index (χ4n) is 4.36. The summed E-state index contributed by atoms with van der Waals surface area (Å²) >= 11 is 6.05. The van der Waals surface area contributed by atoms with Crippen molar-refractivity contribution >= 4 is 29.2 Å². The third kappa shape index (κ3) is 5.73. The molecule has 2 aliphatic heterocycles. The molecule has 186 valence electrons. The van der Waals surface area contributed by atoms with Crippen molar-refractivity contribution < 1.29 is 9.50 Å². The van der Waals surface area contributed by atoms with Gasteiger partial charge in [0.1, 0.15) is 18.0 Å². The number of aromatic nitrogens is 4. The van der Waals surface area contributed by atoms with Gasteiger partial charge in [-0.3, -0.25) is 0 Å². The van der Waals surface area contributed by atoms with Crippen molar-refractivity contribution in [3.05, 3.63) is 47.6 Å². The van der Waals surface area contributed by atoms with Gasteiger partial charge < -0.3 is 19.8 Å². The van der Waals surface area contributed by atoms with Crippen LogP contribution < -0.4 is 14.7 Å². The van der Waals surface area contributed by atoms with Crippen LogP contribution in [0.15, 0.2) is 36.8 Å². The molecule has 35 heavy (non-hydrogen) atoms. The second-order valence-corrected chi connectivity index (χ2v) is 8.70. The number of rotatable bonds is 4. The second kappa shape index (κ2) is 11.5. The molecular weight excluding hydrogens is 469 g/mol. The third-order valence-electron chi connectivity index (χ3n) is 6.10. The van der Waals surface area contributed by atoms with E-state index in [1.165, 1.54) is 18.6 Å². The Bertz CT molecular complexity index is 1140. The number of benzene rings is 1. The molecule has 1 N–H and O–H groups in total. The van der Waals surface area contributed by atoms with E-state index in [1.807, 2.05) is 19.9 Å². The predicted molar refractivity (Wildman–Crippen MR) is 138 cm³/mol. The number of hydrogen-bond donors (Lipinski definition) is 1. The summed E-state index contributed by atoms with van der Waals surface area (Å²) in [6.45, 7) is 8.82. The highest BCUT2D eigenvalue weighted by molar-refractivity contribution is 6.31. The zero-order valence-corrected chi connectivity index (χ0v) is 20.9. The van der Waals surface area contributed by atoms with Crippen molar-refractivity contribution in [1.82, 2.24) is 19.9 Å². The lowest BCUT2D eigenvalue weighted by molar-refractivity contribution is 0.468. The zero-order chi connectivity index (χ0) is 24.8. The third-order valence-corrected chi connectivity index (χ3v) is 6.39. The van der Waals surface area contributed by atoms with Gasteiger partial charge in [-0.1, -0.05) is 25.4 Å². The minimum absolute atomic E-state index is 0.0745. The quantitative estimate of drug-likeness (QED) is 0.549. The first-order chi connectivity index (χ1) is 17.1. The average molecular weight is 500 g/mol. The highest BCUT2D eigenvalue weighted by Crippen LogP contribution is 2.30. The summed E-state index contributed by atoms with van der Waals surface area (Å²) in [6.07, 6.45) is 5.98. The van der Waals surface area contributed by atoms with Crippen LogP contribution in [0.5, 0.6) is 5.75 Å². The SMILES string of the molecule is CC.Oc1cncnc1N1CCCN(c2cc(-c3ccc(F)c(Cl)c3)nc(N3CCCC3)n2)CC1. The molecule has 0 radical (unpaired) electrons. The summed E-state index contributed by atoms with van der Waals surface area (Å²) in [4.78, 5) is 24.3. The first kappa shape index (κ1) is 24.9. The standard InChI is InChI=1S/C23H25ClFN7O.C2H6/c24-17-12-16(4-5-18(17)25)19-13-21(29-23(28-19)32-6-1-2-7-32)30-8-3-9-31(11-10-30)22-20(33)14-26-15-27-22;1-2/h4-5,12-15,33H,1-3,6-11H2;1-2H3. The molecule has 2 aromatic heterocycles. The highest BCUT2D eigenvalue weighted by atomic mass is 35.5. The summed E-state index contributed by atoms with van der Waals surface area (Å²) in [7, 11) is 0. The van der Waals surface area contributed by atoms with Gasteiger partial charge in [0.25, 0.3) is 0 Å². The first-order valence-electron chi connectivity index (χ1n) is 12.2. The molecule has 8 nitrogen and oxygen atoms in total. The van der Waals surface area contributed by atoms with E-state index < -0.39 is 5.82 Å². The molecule has 2 aliphatic rings. The Kier molecular flexibility index (Phi) is 8.17. The lowest BCUT2D eigenvalue weighted by Gasteiger charge is -2.25. The maximum atomic E-state index is 13.7. The Labute approximate surface area is 210 Å². The van der Waals surface area contributed by atoms with E-state index in [0.29, 0.717) is 24.9 Å². The minimum atomic E-state index is -0.449. The lowest BCUT2D eigenvalue weighted by atomic mass is 10.1. The average Bonchev–Trinajstić information content (AvgIpc) is 3.32. The number of hydrogen-bond acceptors (Lipinski definition) is 8. The fraction of sp³-hybridized carbons (Fsp3) is 0.440. The Balaban J connectivity index is 0.00000141. The highest BCUT2D eigenvalue weighted by Gasteiger charge is 2.23. The van der Waals surface area contributed by atoms with Crippen LogP contribution in [0.25, 0.3) is 11.3 Å². The van der Waals surface area contributed by atoms with Crippen LogP contribution in [-0.2, 0) is 0 Å². The van der Waals surface area contributed by atoms with E-state index in [2.05, 4.69) is 24.7 Å².